The lowest BCUT2D eigenvalue weighted by Gasteiger charge is -2.04. The van der Waals surface area contributed by atoms with Crippen molar-refractivity contribution in [3.63, 3.8) is 0 Å². The lowest BCUT2D eigenvalue weighted by Crippen LogP contribution is -1.84. The Hall–Kier alpha value is -0.490. The molecule has 1 heteroatoms. The fourth-order valence-electron chi connectivity index (χ4n) is 0.917. The molecule has 0 saturated carbocycles. The molecule has 68 valence electrons. The summed E-state index contributed by atoms with van der Waals surface area (Å²) in [5.41, 5.74) is 3.61. The molecular formula is C11H17Cl. The predicted molar refractivity (Wildman–Crippen MR) is 57.0 cm³/mol. The predicted octanol–water partition coefficient (Wildman–Crippen LogP) is 4.29. The summed E-state index contributed by atoms with van der Waals surface area (Å²) in [7, 11) is 0. The largest absolute Gasteiger partial charge is 0.0838 e. The summed E-state index contributed by atoms with van der Waals surface area (Å²) in [4.78, 5) is 0. The van der Waals surface area contributed by atoms with Crippen LogP contribution in [-0.4, -0.2) is 0 Å². The van der Waals surface area contributed by atoms with Crippen LogP contribution in [0, 0.1) is 20.8 Å². The Labute approximate surface area is 80.6 Å². The molecule has 0 nitrogen and oxygen atoms in total. The van der Waals surface area contributed by atoms with Crippen molar-refractivity contribution in [3.05, 3.63) is 33.8 Å². The summed E-state index contributed by atoms with van der Waals surface area (Å²) in [6.45, 7) is 10.1. The van der Waals surface area contributed by atoms with Crippen molar-refractivity contribution in [2.75, 3.05) is 0 Å². The molecule has 0 amide bonds. The quantitative estimate of drug-likeness (QED) is 0.564. The van der Waals surface area contributed by atoms with Crippen LogP contribution in [0.1, 0.15) is 30.5 Å². The van der Waals surface area contributed by atoms with Crippen molar-refractivity contribution in [1.29, 1.82) is 0 Å². The standard InChI is InChI=1S/C9H11Cl.C2H6/c1-6-4-5-7(2)9(10)8(6)3;1-2/h4-5H,1-3H3;1-2H3. The van der Waals surface area contributed by atoms with E-state index in [1.165, 1.54) is 11.1 Å². The minimum atomic E-state index is 0.903. The van der Waals surface area contributed by atoms with Crippen LogP contribution in [0.15, 0.2) is 12.1 Å². The summed E-state index contributed by atoms with van der Waals surface area (Å²) in [6.07, 6.45) is 0. The van der Waals surface area contributed by atoms with E-state index in [2.05, 4.69) is 13.0 Å². The second-order valence-electron chi connectivity index (χ2n) is 2.64. The van der Waals surface area contributed by atoms with Gasteiger partial charge in [-0.15, -0.1) is 0 Å². The lowest BCUT2D eigenvalue weighted by molar-refractivity contribution is 1.30. The SMILES string of the molecule is CC.Cc1ccc(C)c(Cl)c1C. The van der Waals surface area contributed by atoms with E-state index < -0.39 is 0 Å². The Kier molecular flexibility index (Phi) is 5.00. The molecule has 1 aromatic rings. The van der Waals surface area contributed by atoms with Crippen LogP contribution >= 0.6 is 11.6 Å². The molecule has 1 aromatic carbocycles. The highest BCUT2D eigenvalue weighted by Gasteiger charge is 1.99. The smallest absolute Gasteiger partial charge is 0.0466 e. The van der Waals surface area contributed by atoms with Crippen LogP contribution in [-0.2, 0) is 0 Å². The van der Waals surface area contributed by atoms with Crippen molar-refractivity contribution in [1.82, 2.24) is 0 Å². The summed E-state index contributed by atoms with van der Waals surface area (Å²) < 4.78 is 0. The van der Waals surface area contributed by atoms with Crippen LogP contribution in [0.4, 0.5) is 0 Å². The van der Waals surface area contributed by atoms with E-state index in [-0.39, 0.29) is 0 Å². The normalized spacial score (nSPS) is 8.83. The number of hydrogen-bond donors (Lipinski definition) is 0. The average Bonchev–Trinajstić information content (AvgIpc) is 2.12. The number of benzene rings is 1. The van der Waals surface area contributed by atoms with E-state index in [0.717, 1.165) is 10.6 Å². The van der Waals surface area contributed by atoms with Crippen LogP contribution < -0.4 is 0 Å². The number of rotatable bonds is 0. The van der Waals surface area contributed by atoms with Crippen LogP contribution in [0.3, 0.4) is 0 Å². The first-order valence-electron chi connectivity index (χ1n) is 4.35. The highest BCUT2D eigenvalue weighted by atomic mass is 35.5. The monoisotopic (exact) mass is 184 g/mol. The molecule has 0 radical (unpaired) electrons. The molecule has 0 fully saturated rings. The van der Waals surface area contributed by atoms with E-state index in [0.29, 0.717) is 0 Å². The summed E-state index contributed by atoms with van der Waals surface area (Å²) in [6, 6.07) is 4.14. The van der Waals surface area contributed by atoms with Crippen molar-refractivity contribution < 1.29 is 0 Å². The Morgan fingerprint density at radius 2 is 1.33 bits per heavy atom. The van der Waals surface area contributed by atoms with Gasteiger partial charge in [0.2, 0.25) is 0 Å². The molecule has 0 bridgehead atoms. The molecule has 0 aromatic heterocycles. The zero-order valence-corrected chi connectivity index (χ0v) is 9.29. The van der Waals surface area contributed by atoms with Gasteiger partial charge in [0.1, 0.15) is 0 Å². The van der Waals surface area contributed by atoms with Gasteiger partial charge in [0.15, 0.2) is 0 Å². The Balaban J connectivity index is 0.000000561. The van der Waals surface area contributed by atoms with E-state index in [1.54, 1.807) is 0 Å². The van der Waals surface area contributed by atoms with Gasteiger partial charge in [0.05, 0.1) is 0 Å². The maximum atomic E-state index is 5.98. The molecule has 0 aliphatic rings. The Morgan fingerprint density at radius 3 is 1.75 bits per heavy atom. The van der Waals surface area contributed by atoms with Gasteiger partial charge >= 0.3 is 0 Å². The van der Waals surface area contributed by atoms with Gasteiger partial charge in [0, 0.05) is 5.02 Å². The first kappa shape index (κ1) is 11.5. The average molecular weight is 185 g/mol. The van der Waals surface area contributed by atoms with E-state index >= 15 is 0 Å². The molecule has 0 atom stereocenters. The van der Waals surface area contributed by atoms with Crippen LogP contribution in [0.5, 0.6) is 0 Å². The molecule has 12 heavy (non-hydrogen) atoms. The Bertz CT molecular complexity index is 224. The maximum absolute atomic E-state index is 5.98. The summed E-state index contributed by atoms with van der Waals surface area (Å²) in [5, 5.41) is 0.903. The number of hydrogen-bond acceptors (Lipinski definition) is 0. The molecular weight excluding hydrogens is 168 g/mol. The highest BCUT2D eigenvalue weighted by Crippen LogP contribution is 2.22. The first-order chi connectivity index (χ1) is 5.63. The molecule has 0 saturated heterocycles. The van der Waals surface area contributed by atoms with Crippen molar-refractivity contribution in [3.8, 4) is 0 Å². The lowest BCUT2D eigenvalue weighted by atomic mass is 10.1. The zero-order valence-electron chi connectivity index (χ0n) is 8.53. The third-order valence-electron chi connectivity index (χ3n) is 1.85. The Morgan fingerprint density at radius 1 is 0.917 bits per heavy atom. The van der Waals surface area contributed by atoms with E-state index in [4.69, 9.17) is 11.6 Å². The summed E-state index contributed by atoms with van der Waals surface area (Å²) >= 11 is 5.98. The molecule has 0 N–H and O–H groups in total. The fraction of sp³-hybridized carbons (Fsp3) is 0.455. The third kappa shape index (κ3) is 2.53. The van der Waals surface area contributed by atoms with Crippen LogP contribution in [0.25, 0.3) is 0 Å². The minimum Gasteiger partial charge on any atom is -0.0838 e. The van der Waals surface area contributed by atoms with Gasteiger partial charge in [-0.2, -0.15) is 0 Å². The second-order valence-corrected chi connectivity index (χ2v) is 3.02. The van der Waals surface area contributed by atoms with E-state index in [9.17, 15) is 0 Å². The van der Waals surface area contributed by atoms with Gasteiger partial charge in [-0.05, 0) is 37.5 Å². The first-order valence-corrected chi connectivity index (χ1v) is 4.73. The van der Waals surface area contributed by atoms with Crippen LogP contribution in [0.2, 0.25) is 5.02 Å². The van der Waals surface area contributed by atoms with Gasteiger partial charge < -0.3 is 0 Å². The molecule has 0 heterocycles. The van der Waals surface area contributed by atoms with Gasteiger partial charge in [-0.1, -0.05) is 37.6 Å². The fourth-order valence-corrected chi connectivity index (χ4v) is 1.13. The molecule has 0 aliphatic heterocycles. The second kappa shape index (κ2) is 5.21. The van der Waals surface area contributed by atoms with Crippen molar-refractivity contribution in [2.24, 2.45) is 0 Å². The van der Waals surface area contributed by atoms with Crippen molar-refractivity contribution in [2.45, 2.75) is 34.6 Å². The molecule has 0 aliphatic carbocycles. The highest BCUT2D eigenvalue weighted by molar-refractivity contribution is 6.32. The van der Waals surface area contributed by atoms with Gasteiger partial charge in [-0.3, -0.25) is 0 Å². The molecule has 0 unspecified atom stereocenters. The maximum Gasteiger partial charge on any atom is 0.0466 e. The summed E-state index contributed by atoms with van der Waals surface area (Å²) in [5.74, 6) is 0. The zero-order chi connectivity index (χ0) is 9.72. The number of halogens is 1. The molecule has 1 rings (SSSR count). The van der Waals surface area contributed by atoms with E-state index in [1.807, 2.05) is 33.8 Å². The third-order valence-corrected chi connectivity index (χ3v) is 2.43. The molecule has 0 spiro atoms. The topological polar surface area (TPSA) is 0 Å². The number of aryl methyl sites for hydroxylation is 2. The van der Waals surface area contributed by atoms with Gasteiger partial charge in [0.25, 0.3) is 0 Å². The van der Waals surface area contributed by atoms with Crippen molar-refractivity contribution >= 4 is 11.6 Å². The van der Waals surface area contributed by atoms with Gasteiger partial charge in [-0.25, -0.2) is 0 Å². The minimum absolute atomic E-state index is 0.903.